The Morgan fingerprint density at radius 1 is 1.19 bits per heavy atom. The van der Waals surface area contributed by atoms with Gasteiger partial charge in [0, 0.05) is 18.7 Å². The molecule has 0 N–H and O–H groups in total. The van der Waals surface area contributed by atoms with Crippen molar-refractivity contribution in [3.63, 3.8) is 0 Å². The molecule has 0 radical (unpaired) electrons. The Labute approximate surface area is 161 Å². The van der Waals surface area contributed by atoms with Crippen LogP contribution >= 0.6 is 0 Å². The summed E-state index contributed by atoms with van der Waals surface area (Å²) < 4.78 is 5.72. The maximum absolute atomic E-state index is 12.8. The summed E-state index contributed by atoms with van der Waals surface area (Å²) in [5.74, 6) is 0.121. The summed E-state index contributed by atoms with van der Waals surface area (Å²) in [6.45, 7) is 8.63. The van der Waals surface area contributed by atoms with Crippen molar-refractivity contribution in [3.8, 4) is 5.75 Å². The van der Waals surface area contributed by atoms with Crippen LogP contribution in [-0.4, -0.2) is 18.4 Å². The number of carbonyl (C=O) groups excluding carboxylic acids is 2. The van der Waals surface area contributed by atoms with Gasteiger partial charge >= 0.3 is 5.97 Å². The Bertz CT molecular complexity index is 858. The van der Waals surface area contributed by atoms with Gasteiger partial charge in [-0.05, 0) is 55.0 Å². The number of para-hydroxylation sites is 1. The zero-order chi connectivity index (χ0) is 19.6. The van der Waals surface area contributed by atoms with Gasteiger partial charge in [-0.25, -0.2) is 0 Å². The first kappa shape index (κ1) is 19.2. The third kappa shape index (κ3) is 3.90. The highest BCUT2D eigenvalue weighted by Gasteiger charge is 2.37. The van der Waals surface area contributed by atoms with Crippen molar-refractivity contribution in [2.24, 2.45) is 5.92 Å². The minimum absolute atomic E-state index is 0.0270. The number of nitrogens with zero attached hydrogens (tertiary/aromatic N) is 1. The fourth-order valence-corrected chi connectivity index (χ4v) is 3.52. The largest absolute Gasteiger partial charge is 0.426 e. The SMILES string of the molecule is CC[C@@H](C)c1ccccc1OC(=O)[C@@H]1CC(=O)N(c2cccc(C)c2C)C1. The topological polar surface area (TPSA) is 46.6 Å². The zero-order valence-corrected chi connectivity index (χ0v) is 16.5. The van der Waals surface area contributed by atoms with Crippen LogP contribution in [0.25, 0.3) is 0 Å². The number of carbonyl (C=O) groups is 2. The number of anilines is 1. The Hall–Kier alpha value is -2.62. The van der Waals surface area contributed by atoms with E-state index in [1.807, 2.05) is 56.3 Å². The summed E-state index contributed by atoms with van der Waals surface area (Å²) >= 11 is 0. The van der Waals surface area contributed by atoms with Crippen LogP contribution in [0, 0.1) is 19.8 Å². The molecule has 0 spiro atoms. The van der Waals surface area contributed by atoms with Crippen molar-refractivity contribution in [3.05, 3.63) is 59.2 Å². The lowest BCUT2D eigenvalue weighted by atomic mass is 9.98. The molecule has 2 atom stereocenters. The quantitative estimate of drug-likeness (QED) is 0.566. The molecule has 2 aromatic rings. The monoisotopic (exact) mass is 365 g/mol. The second-order valence-electron chi connectivity index (χ2n) is 7.39. The Kier molecular flexibility index (Phi) is 5.64. The van der Waals surface area contributed by atoms with Crippen LogP contribution in [-0.2, 0) is 9.59 Å². The van der Waals surface area contributed by atoms with Gasteiger partial charge in [0.2, 0.25) is 5.91 Å². The minimum atomic E-state index is -0.442. The van der Waals surface area contributed by atoms with Crippen LogP contribution < -0.4 is 9.64 Å². The summed E-state index contributed by atoms with van der Waals surface area (Å²) in [5.41, 5.74) is 4.12. The predicted molar refractivity (Wildman–Crippen MR) is 107 cm³/mol. The van der Waals surface area contributed by atoms with Gasteiger partial charge in [-0.1, -0.05) is 44.2 Å². The van der Waals surface area contributed by atoms with Crippen LogP contribution in [0.15, 0.2) is 42.5 Å². The lowest BCUT2D eigenvalue weighted by molar-refractivity contribution is -0.139. The Morgan fingerprint density at radius 2 is 1.93 bits per heavy atom. The highest BCUT2D eigenvalue weighted by atomic mass is 16.5. The van der Waals surface area contributed by atoms with Crippen LogP contribution in [0.1, 0.15) is 49.3 Å². The number of ether oxygens (including phenoxy) is 1. The normalized spacial score (nSPS) is 17.9. The van der Waals surface area contributed by atoms with Crippen molar-refractivity contribution in [2.45, 2.75) is 46.5 Å². The molecule has 1 fully saturated rings. The maximum atomic E-state index is 12.8. The van der Waals surface area contributed by atoms with Gasteiger partial charge in [-0.2, -0.15) is 0 Å². The van der Waals surface area contributed by atoms with E-state index < -0.39 is 5.92 Å². The average Bonchev–Trinajstić information content (AvgIpc) is 3.05. The molecule has 0 bridgehead atoms. The fraction of sp³-hybridized carbons (Fsp3) is 0.391. The number of rotatable bonds is 5. The fourth-order valence-electron chi connectivity index (χ4n) is 3.52. The summed E-state index contributed by atoms with van der Waals surface area (Å²) in [6.07, 6.45) is 1.16. The Morgan fingerprint density at radius 3 is 2.67 bits per heavy atom. The van der Waals surface area contributed by atoms with Crippen LogP contribution in [0.3, 0.4) is 0 Å². The summed E-state index contributed by atoms with van der Waals surface area (Å²) in [7, 11) is 0. The second kappa shape index (κ2) is 7.95. The number of benzene rings is 2. The number of hydrogen-bond donors (Lipinski definition) is 0. The van der Waals surface area contributed by atoms with E-state index in [4.69, 9.17) is 4.74 Å². The number of hydrogen-bond acceptors (Lipinski definition) is 3. The molecular weight excluding hydrogens is 338 g/mol. The molecule has 0 aliphatic carbocycles. The van der Waals surface area contributed by atoms with Crippen LogP contribution in [0.4, 0.5) is 5.69 Å². The minimum Gasteiger partial charge on any atom is -0.426 e. The van der Waals surface area contributed by atoms with E-state index in [1.165, 1.54) is 0 Å². The molecule has 4 heteroatoms. The lowest BCUT2D eigenvalue weighted by Crippen LogP contribution is -2.28. The van der Waals surface area contributed by atoms with E-state index >= 15 is 0 Å². The van der Waals surface area contributed by atoms with E-state index in [2.05, 4.69) is 13.8 Å². The molecule has 27 heavy (non-hydrogen) atoms. The van der Waals surface area contributed by atoms with E-state index in [0.717, 1.165) is 28.8 Å². The molecule has 0 unspecified atom stereocenters. The van der Waals surface area contributed by atoms with Crippen molar-refractivity contribution in [1.29, 1.82) is 0 Å². The first-order valence-electron chi connectivity index (χ1n) is 9.59. The molecule has 2 aromatic carbocycles. The van der Waals surface area contributed by atoms with Crippen LogP contribution in [0.5, 0.6) is 5.75 Å². The molecule has 4 nitrogen and oxygen atoms in total. The van der Waals surface area contributed by atoms with Gasteiger partial charge < -0.3 is 9.64 Å². The molecule has 1 amide bonds. The number of aryl methyl sites for hydroxylation is 1. The lowest BCUT2D eigenvalue weighted by Gasteiger charge is -2.20. The maximum Gasteiger partial charge on any atom is 0.316 e. The molecule has 1 aliphatic heterocycles. The molecule has 3 rings (SSSR count). The molecule has 1 aliphatic rings. The smallest absolute Gasteiger partial charge is 0.316 e. The van der Waals surface area contributed by atoms with E-state index in [0.29, 0.717) is 18.2 Å². The highest BCUT2D eigenvalue weighted by Crippen LogP contribution is 2.32. The Balaban J connectivity index is 1.76. The van der Waals surface area contributed by atoms with Gasteiger partial charge in [0.1, 0.15) is 5.75 Å². The zero-order valence-electron chi connectivity index (χ0n) is 16.5. The average molecular weight is 365 g/mol. The van der Waals surface area contributed by atoms with Crippen molar-refractivity contribution < 1.29 is 14.3 Å². The summed E-state index contributed by atoms with van der Waals surface area (Å²) in [5, 5.41) is 0. The van der Waals surface area contributed by atoms with Gasteiger partial charge in [-0.15, -0.1) is 0 Å². The third-order valence-electron chi connectivity index (χ3n) is 5.60. The van der Waals surface area contributed by atoms with E-state index in [1.54, 1.807) is 4.90 Å². The standard InChI is InChI=1S/C23H27NO3/c1-5-15(2)19-10-6-7-12-21(19)27-23(26)18-13-22(25)24(14-18)20-11-8-9-16(3)17(20)4/h6-12,15,18H,5,13-14H2,1-4H3/t15-,18-/m1/s1. The van der Waals surface area contributed by atoms with E-state index in [9.17, 15) is 9.59 Å². The molecule has 142 valence electrons. The van der Waals surface area contributed by atoms with Gasteiger partial charge in [0.25, 0.3) is 0 Å². The molecule has 1 heterocycles. The first-order valence-corrected chi connectivity index (χ1v) is 9.59. The third-order valence-corrected chi connectivity index (χ3v) is 5.60. The van der Waals surface area contributed by atoms with Crippen LogP contribution in [0.2, 0.25) is 0 Å². The van der Waals surface area contributed by atoms with Gasteiger partial charge in [0.05, 0.1) is 5.92 Å². The molecule has 0 aromatic heterocycles. The number of amides is 1. The van der Waals surface area contributed by atoms with Gasteiger partial charge in [0.15, 0.2) is 0 Å². The van der Waals surface area contributed by atoms with E-state index in [-0.39, 0.29) is 18.3 Å². The number of esters is 1. The molecular formula is C23H27NO3. The van der Waals surface area contributed by atoms with Gasteiger partial charge in [-0.3, -0.25) is 9.59 Å². The van der Waals surface area contributed by atoms with Crippen molar-refractivity contribution in [2.75, 3.05) is 11.4 Å². The first-order chi connectivity index (χ1) is 12.9. The van der Waals surface area contributed by atoms with Crippen molar-refractivity contribution in [1.82, 2.24) is 0 Å². The summed E-state index contributed by atoms with van der Waals surface area (Å²) in [6, 6.07) is 13.6. The molecule has 0 saturated carbocycles. The predicted octanol–water partition coefficient (Wildman–Crippen LogP) is 4.78. The second-order valence-corrected chi connectivity index (χ2v) is 7.39. The summed E-state index contributed by atoms with van der Waals surface area (Å²) in [4.78, 5) is 27.0. The molecule has 1 saturated heterocycles. The van der Waals surface area contributed by atoms with Crippen molar-refractivity contribution >= 4 is 17.6 Å². The highest BCUT2D eigenvalue weighted by molar-refractivity contribution is 6.00.